The van der Waals surface area contributed by atoms with Gasteiger partial charge in [-0.2, -0.15) is 0 Å². The van der Waals surface area contributed by atoms with E-state index in [0.717, 1.165) is 17.0 Å². The molecule has 9 heteroatoms. The van der Waals surface area contributed by atoms with Gasteiger partial charge in [-0.05, 0) is 11.4 Å². The third-order valence-corrected chi connectivity index (χ3v) is 5.29. The molecule has 2 rings (SSSR count). The molecule has 0 aromatic carbocycles. The van der Waals surface area contributed by atoms with Gasteiger partial charge in [0.2, 0.25) is 15.9 Å². The van der Waals surface area contributed by atoms with Crippen LogP contribution >= 0.6 is 11.3 Å². The van der Waals surface area contributed by atoms with Crippen molar-refractivity contribution in [3.05, 3.63) is 35.7 Å². The summed E-state index contributed by atoms with van der Waals surface area (Å²) < 4.78 is 26.2. The summed E-state index contributed by atoms with van der Waals surface area (Å²) in [7, 11) is -3.50. The van der Waals surface area contributed by atoms with Gasteiger partial charge in [-0.25, -0.2) is 18.1 Å². The average Bonchev–Trinajstić information content (AvgIpc) is 3.09. The number of carbonyl (C=O) groups is 1. The fourth-order valence-corrected chi connectivity index (χ4v) is 3.52. The van der Waals surface area contributed by atoms with Crippen LogP contribution in [0.5, 0.6) is 0 Å². The van der Waals surface area contributed by atoms with Gasteiger partial charge >= 0.3 is 0 Å². The Labute approximate surface area is 120 Å². The van der Waals surface area contributed by atoms with Crippen molar-refractivity contribution in [2.24, 2.45) is 0 Å². The number of aromatic amines is 1. The first kappa shape index (κ1) is 14.7. The molecule has 0 aliphatic rings. The highest BCUT2D eigenvalue weighted by Crippen LogP contribution is 2.14. The predicted molar refractivity (Wildman–Crippen MR) is 74.6 cm³/mol. The number of hydrogen-bond donors (Lipinski definition) is 3. The molecule has 1 amide bonds. The second kappa shape index (κ2) is 6.64. The van der Waals surface area contributed by atoms with Crippen molar-refractivity contribution in [3.8, 4) is 0 Å². The molecule has 0 radical (unpaired) electrons. The number of nitrogens with one attached hydrogen (secondary N) is 3. The van der Waals surface area contributed by atoms with E-state index >= 15 is 0 Å². The average molecular weight is 314 g/mol. The van der Waals surface area contributed by atoms with E-state index in [-0.39, 0.29) is 23.1 Å². The van der Waals surface area contributed by atoms with Crippen LogP contribution in [0.25, 0.3) is 0 Å². The van der Waals surface area contributed by atoms with Crippen LogP contribution in [0, 0.1) is 0 Å². The molecular formula is C11H14N4O3S2. The van der Waals surface area contributed by atoms with E-state index < -0.39 is 10.0 Å². The SMILES string of the molecule is O=C(CCNS(=O)(=O)c1cccs1)NCc1cnc[nH]1. The van der Waals surface area contributed by atoms with Gasteiger partial charge < -0.3 is 10.3 Å². The van der Waals surface area contributed by atoms with Crippen molar-refractivity contribution in [2.75, 3.05) is 6.54 Å². The third-order valence-electron chi connectivity index (χ3n) is 2.43. The Morgan fingerprint density at radius 1 is 1.45 bits per heavy atom. The van der Waals surface area contributed by atoms with Gasteiger partial charge in [-0.3, -0.25) is 4.79 Å². The number of H-pyrrole nitrogens is 1. The molecule has 2 heterocycles. The zero-order chi connectivity index (χ0) is 14.4. The highest BCUT2D eigenvalue weighted by atomic mass is 32.2. The van der Waals surface area contributed by atoms with E-state index in [1.807, 2.05) is 0 Å². The van der Waals surface area contributed by atoms with Crippen LogP contribution in [0.4, 0.5) is 0 Å². The molecule has 0 aliphatic heterocycles. The molecular weight excluding hydrogens is 300 g/mol. The fraction of sp³-hybridized carbons (Fsp3) is 0.273. The zero-order valence-corrected chi connectivity index (χ0v) is 12.1. The van der Waals surface area contributed by atoms with E-state index in [1.54, 1.807) is 17.6 Å². The largest absolute Gasteiger partial charge is 0.350 e. The van der Waals surface area contributed by atoms with Crippen molar-refractivity contribution in [1.29, 1.82) is 0 Å². The number of nitrogens with zero attached hydrogens (tertiary/aromatic N) is 1. The van der Waals surface area contributed by atoms with Crippen LogP contribution in [0.15, 0.2) is 34.2 Å². The summed E-state index contributed by atoms with van der Waals surface area (Å²) in [5, 5.41) is 4.35. The Morgan fingerprint density at radius 3 is 2.95 bits per heavy atom. The summed E-state index contributed by atoms with van der Waals surface area (Å²) in [6.07, 6.45) is 3.22. The number of imidazole rings is 1. The van der Waals surface area contributed by atoms with Gasteiger partial charge in [-0.15, -0.1) is 11.3 Å². The van der Waals surface area contributed by atoms with E-state index in [9.17, 15) is 13.2 Å². The third kappa shape index (κ3) is 4.15. The molecule has 0 saturated carbocycles. The molecule has 0 spiro atoms. The van der Waals surface area contributed by atoms with Crippen molar-refractivity contribution in [2.45, 2.75) is 17.2 Å². The summed E-state index contributed by atoms with van der Waals surface area (Å²) in [6.45, 7) is 0.408. The molecule has 7 nitrogen and oxygen atoms in total. The second-order valence-electron chi connectivity index (χ2n) is 3.93. The van der Waals surface area contributed by atoms with Crippen molar-refractivity contribution >= 4 is 27.3 Å². The number of rotatable bonds is 7. The van der Waals surface area contributed by atoms with Crippen molar-refractivity contribution in [1.82, 2.24) is 20.0 Å². The Balaban J connectivity index is 1.71. The summed E-state index contributed by atoms with van der Waals surface area (Å²) in [5.74, 6) is -0.228. The molecule has 0 unspecified atom stereocenters. The monoisotopic (exact) mass is 314 g/mol. The van der Waals surface area contributed by atoms with Gasteiger partial charge in [-0.1, -0.05) is 6.07 Å². The first-order valence-corrected chi connectivity index (χ1v) is 8.21. The van der Waals surface area contributed by atoms with Gasteiger partial charge in [0.1, 0.15) is 4.21 Å². The maximum Gasteiger partial charge on any atom is 0.250 e. The predicted octanol–water partition coefficient (Wildman–Crippen LogP) is 0.456. The number of carbonyl (C=O) groups excluding carboxylic acids is 1. The number of thiophene rings is 1. The first-order valence-electron chi connectivity index (χ1n) is 5.85. The molecule has 0 atom stereocenters. The molecule has 0 fully saturated rings. The summed E-state index contributed by atoms with van der Waals surface area (Å²) in [4.78, 5) is 18.2. The lowest BCUT2D eigenvalue weighted by Crippen LogP contribution is -2.30. The van der Waals surface area contributed by atoms with Gasteiger partial charge in [0.15, 0.2) is 0 Å². The zero-order valence-electron chi connectivity index (χ0n) is 10.5. The summed E-state index contributed by atoms with van der Waals surface area (Å²) in [6, 6.07) is 3.18. The molecule has 0 bridgehead atoms. The summed E-state index contributed by atoms with van der Waals surface area (Å²) in [5.41, 5.74) is 0.789. The van der Waals surface area contributed by atoms with Crippen LogP contribution in [0.1, 0.15) is 12.1 Å². The molecule has 3 N–H and O–H groups in total. The normalized spacial score (nSPS) is 11.4. The maximum atomic E-state index is 11.8. The van der Waals surface area contributed by atoms with E-state index in [0.29, 0.717) is 6.54 Å². The topological polar surface area (TPSA) is 104 Å². The van der Waals surface area contributed by atoms with E-state index in [4.69, 9.17) is 0 Å². The second-order valence-corrected chi connectivity index (χ2v) is 6.87. The molecule has 0 saturated heterocycles. The Hall–Kier alpha value is -1.71. The number of sulfonamides is 1. The van der Waals surface area contributed by atoms with Crippen LogP contribution < -0.4 is 10.0 Å². The van der Waals surface area contributed by atoms with E-state index in [2.05, 4.69) is 20.0 Å². The van der Waals surface area contributed by atoms with Gasteiger partial charge in [0, 0.05) is 19.2 Å². The minimum atomic E-state index is -3.50. The number of hydrogen-bond acceptors (Lipinski definition) is 5. The Kier molecular flexibility index (Phi) is 4.88. The Morgan fingerprint density at radius 2 is 2.30 bits per heavy atom. The molecule has 108 valence electrons. The molecule has 20 heavy (non-hydrogen) atoms. The maximum absolute atomic E-state index is 11.8. The highest BCUT2D eigenvalue weighted by molar-refractivity contribution is 7.91. The van der Waals surface area contributed by atoms with Crippen molar-refractivity contribution < 1.29 is 13.2 Å². The fourth-order valence-electron chi connectivity index (χ4n) is 1.45. The lowest BCUT2D eigenvalue weighted by molar-refractivity contribution is -0.121. The minimum absolute atomic E-state index is 0.0645. The van der Waals surface area contributed by atoms with Crippen LogP contribution in [0.3, 0.4) is 0 Å². The van der Waals surface area contributed by atoms with Crippen LogP contribution in [0.2, 0.25) is 0 Å². The van der Waals surface area contributed by atoms with E-state index in [1.165, 1.54) is 12.4 Å². The number of aromatic nitrogens is 2. The van der Waals surface area contributed by atoms with Crippen LogP contribution in [-0.2, 0) is 21.4 Å². The van der Waals surface area contributed by atoms with Gasteiger partial charge in [0.25, 0.3) is 0 Å². The van der Waals surface area contributed by atoms with Gasteiger partial charge in [0.05, 0.1) is 18.6 Å². The molecule has 0 aliphatic carbocycles. The quantitative estimate of drug-likeness (QED) is 0.690. The summed E-state index contributed by atoms with van der Waals surface area (Å²) >= 11 is 1.14. The number of amides is 1. The highest BCUT2D eigenvalue weighted by Gasteiger charge is 2.14. The van der Waals surface area contributed by atoms with Crippen molar-refractivity contribution in [3.63, 3.8) is 0 Å². The molecule has 2 aromatic heterocycles. The lowest BCUT2D eigenvalue weighted by atomic mass is 10.4. The Bertz CT molecular complexity index is 635. The first-order chi connectivity index (χ1) is 9.58. The molecule has 2 aromatic rings. The minimum Gasteiger partial charge on any atom is -0.350 e. The lowest BCUT2D eigenvalue weighted by Gasteiger charge is -2.05. The van der Waals surface area contributed by atoms with Crippen LogP contribution in [-0.4, -0.2) is 30.8 Å². The smallest absolute Gasteiger partial charge is 0.250 e. The standard InChI is InChI=1S/C11H14N4O3S2/c16-10(13-7-9-6-12-8-14-9)3-4-15-20(17,18)11-2-1-5-19-11/h1-2,5-6,8,15H,3-4,7H2,(H,12,14)(H,13,16).